The van der Waals surface area contributed by atoms with E-state index in [0.717, 1.165) is 12.3 Å². The number of nitrogens with zero attached hydrogens (tertiary/aromatic N) is 1. The molecule has 2 heteroatoms. The zero-order valence-corrected chi connectivity index (χ0v) is 16.1. The average molecular weight is 348 g/mol. The molecular formula is C24H29NO. The molecule has 0 amide bonds. The van der Waals surface area contributed by atoms with E-state index in [1.165, 1.54) is 41.6 Å². The Labute approximate surface area is 157 Å². The number of benzene rings is 2. The predicted molar refractivity (Wildman–Crippen MR) is 109 cm³/mol. The number of hydrogen-bond donors (Lipinski definition) is 1. The molecule has 2 nitrogen and oxygen atoms in total. The second-order valence-corrected chi connectivity index (χ2v) is 8.63. The van der Waals surface area contributed by atoms with Gasteiger partial charge in [-0.05, 0) is 66.6 Å². The van der Waals surface area contributed by atoms with Crippen molar-refractivity contribution in [3.8, 4) is 5.75 Å². The summed E-state index contributed by atoms with van der Waals surface area (Å²) < 4.78 is 0. The van der Waals surface area contributed by atoms with E-state index >= 15 is 0 Å². The fourth-order valence-corrected chi connectivity index (χ4v) is 4.50. The van der Waals surface area contributed by atoms with Gasteiger partial charge >= 0.3 is 0 Å². The van der Waals surface area contributed by atoms with Crippen molar-refractivity contribution >= 4 is 11.6 Å². The molecule has 136 valence electrons. The van der Waals surface area contributed by atoms with Gasteiger partial charge in [0.2, 0.25) is 0 Å². The predicted octanol–water partition coefficient (Wildman–Crippen LogP) is 5.23. The summed E-state index contributed by atoms with van der Waals surface area (Å²) in [6.07, 6.45) is 6.12. The molecule has 2 aliphatic carbocycles. The molecule has 2 aliphatic rings. The molecule has 1 fully saturated rings. The highest BCUT2D eigenvalue weighted by atomic mass is 16.3. The van der Waals surface area contributed by atoms with Crippen LogP contribution in [0.1, 0.15) is 43.4 Å². The molecule has 0 spiro atoms. The second-order valence-electron chi connectivity index (χ2n) is 8.63. The molecule has 2 aromatic carbocycles. The summed E-state index contributed by atoms with van der Waals surface area (Å²) in [7, 11) is 2.29. The SMILES string of the molecule is CN(CC1CC1)C1Cc2ccc(O)cc2C(=Cc2ccccc2)C1(C)C. The number of hydrogen-bond acceptors (Lipinski definition) is 2. The minimum atomic E-state index is 0.0142. The van der Waals surface area contributed by atoms with Crippen LogP contribution in [0, 0.1) is 11.3 Å². The maximum Gasteiger partial charge on any atom is 0.116 e. The van der Waals surface area contributed by atoms with E-state index in [9.17, 15) is 5.11 Å². The fourth-order valence-electron chi connectivity index (χ4n) is 4.50. The first-order valence-corrected chi connectivity index (χ1v) is 9.75. The van der Waals surface area contributed by atoms with Gasteiger partial charge in [0, 0.05) is 18.0 Å². The second kappa shape index (κ2) is 6.59. The molecule has 0 bridgehead atoms. The Kier molecular flexibility index (Phi) is 4.40. The lowest BCUT2D eigenvalue weighted by Gasteiger charge is -2.46. The van der Waals surface area contributed by atoms with Crippen LogP contribution in [0.15, 0.2) is 48.5 Å². The van der Waals surface area contributed by atoms with Gasteiger partial charge in [-0.3, -0.25) is 0 Å². The van der Waals surface area contributed by atoms with Crippen LogP contribution in [0.2, 0.25) is 0 Å². The maximum atomic E-state index is 10.1. The summed E-state index contributed by atoms with van der Waals surface area (Å²) in [4.78, 5) is 2.58. The van der Waals surface area contributed by atoms with E-state index in [0.29, 0.717) is 11.8 Å². The summed E-state index contributed by atoms with van der Waals surface area (Å²) in [6, 6.07) is 16.9. The van der Waals surface area contributed by atoms with E-state index in [1.807, 2.05) is 12.1 Å². The van der Waals surface area contributed by atoms with Gasteiger partial charge in [0.05, 0.1) is 0 Å². The molecule has 2 aromatic rings. The molecular weight excluding hydrogens is 318 g/mol. The Morgan fingerprint density at radius 1 is 1.12 bits per heavy atom. The zero-order valence-electron chi connectivity index (χ0n) is 16.1. The summed E-state index contributed by atoms with van der Waals surface area (Å²) in [5.41, 5.74) is 5.11. The molecule has 1 N–H and O–H groups in total. The van der Waals surface area contributed by atoms with Gasteiger partial charge in [-0.1, -0.05) is 56.3 Å². The van der Waals surface area contributed by atoms with Crippen molar-refractivity contribution in [1.29, 1.82) is 0 Å². The van der Waals surface area contributed by atoms with Gasteiger partial charge in [0.25, 0.3) is 0 Å². The summed E-state index contributed by atoms with van der Waals surface area (Å²) in [5.74, 6) is 1.24. The Bertz CT molecular complexity index is 817. The van der Waals surface area contributed by atoms with Crippen molar-refractivity contribution in [2.24, 2.45) is 11.3 Å². The third-order valence-electron chi connectivity index (χ3n) is 6.21. The molecule has 0 radical (unpaired) electrons. The number of aromatic hydroxyl groups is 1. The molecule has 0 saturated heterocycles. The standard InChI is InChI=1S/C24H29NO/c1-24(2)22(13-17-7-5-4-6-8-17)21-15-20(26)12-11-19(21)14-23(24)25(3)16-18-9-10-18/h4-8,11-13,15,18,23,26H,9-10,14,16H2,1-3H3. The largest absolute Gasteiger partial charge is 0.508 e. The van der Waals surface area contributed by atoms with Gasteiger partial charge in [0.15, 0.2) is 0 Å². The van der Waals surface area contributed by atoms with Gasteiger partial charge < -0.3 is 10.0 Å². The Hall–Kier alpha value is -2.06. The zero-order chi connectivity index (χ0) is 18.3. The Balaban J connectivity index is 1.80. The normalized spacial score (nSPS) is 23.2. The molecule has 1 saturated carbocycles. The number of fused-ring (bicyclic) bond motifs is 1. The lowest BCUT2D eigenvalue weighted by atomic mass is 9.66. The third kappa shape index (κ3) is 3.31. The van der Waals surface area contributed by atoms with Crippen LogP contribution in [0.25, 0.3) is 11.6 Å². The van der Waals surface area contributed by atoms with Crippen LogP contribution in [0.4, 0.5) is 0 Å². The van der Waals surface area contributed by atoms with Crippen LogP contribution < -0.4 is 0 Å². The van der Waals surface area contributed by atoms with Crippen molar-refractivity contribution in [3.63, 3.8) is 0 Å². The molecule has 4 rings (SSSR count). The van der Waals surface area contributed by atoms with E-state index < -0.39 is 0 Å². The first-order valence-electron chi connectivity index (χ1n) is 9.75. The molecule has 26 heavy (non-hydrogen) atoms. The van der Waals surface area contributed by atoms with Gasteiger partial charge in [-0.15, -0.1) is 0 Å². The van der Waals surface area contributed by atoms with E-state index in [2.05, 4.69) is 68.3 Å². The molecule has 0 aromatic heterocycles. The minimum Gasteiger partial charge on any atom is -0.508 e. The van der Waals surface area contributed by atoms with Crippen LogP contribution in [0.5, 0.6) is 5.75 Å². The Morgan fingerprint density at radius 3 is 2.54 bits per heavy atom. The van der Waals surface area contributed by atoms with Crippen molar-refractivity contribution in [2.75, 3.05) is 13.6 Å². The molecule has 1 atom stereocenters. The van der Waals surface area contributed by atoms with Gasteiger partial charge in [-0.2, -0.15) is 0 Å². The monoisotopic (exact) mass is 347 g/mol. The van der Waals surface area contributed by atoms with Crippen LogP contribution in [-0.4, -0.2) is 29.6 Å². The summed E-state index contributed by atoms with van der Waals surface area (Å²) in [6.45, 7) is 5.92. The molecule has 0 heterocycles. The number of likely N-dealkylation sites (N-methyl/N-ethyl adjacent to an activating group) is 1. The topological polar surface area (TPSA) is 23.5 Å². The van der Waals surface area contributed by atoms with Crippen molar-refractivity contribution in [1.82, 2.24) is 4.90 Å². The quantitative estimate of drug-likeness (QED) is 0.819. The lowest BCUT2D eigenvalue weighted by Crippen LogP contribution is -2.48. The number of rotatable bonds is 4. The van der Waals surface area contributed by atoms with Crippen LogP contribution in [0.3, 0.4) is 0 Å². The Morgan fingerprint density at radius 2 is 1.85 bits per heavy atom. The van der Waals surface area contributed by atoms with Crippen molar-refractivity contribution < 1.29 is 5.11 Å². The highest BCUT2D eigenvalue weighted by Gasteiger charge is 2.42. The minimum absolute atomic E-state index is 0.0142. The fraction of sp³-hybridized carbons (Fsp3) is 0.417. The van der Waals surface area contributed by atoms with E-state index in [-0.39, 0.29) is 5.41 Å². The number of phenolic OH excluding ortho intramolecular Hbond substituents is 1. The number of phenols is 1. The van der Waals surface area contributed by atoms with E-state index in [1.54, 1.807) is 0 Å². The smallest absolute Gasteiger partial charge is 0.116 e. The first-order chi connectivity index (χ1) is 12.4. The highest BCUT2D eigenvalue weighted by Crippen LogP contribution is 2.48. The van der Waals surface area contributed by atoms with Crippen molar-refractivity contribution in [2.45, 2.75) is 39.2 Å². The van der Waals surface area contributed by atoms with Crippen LogP contribution in [-0.2, 0) is 6.42 Å². The van der Waals surface area contributed by atoms with Gasteiger partial charge in [-0.25, -0.2) is 0 Å². The first kappa shape index (κ1) is 17.4. The lowest BCUT2D eigenvalue weighted by molar-refractivity contribution is 0.142. The summed E-state index contributed by atoms with van der Waals surface area (Å²) in [5, 5.41) is 10.1. The maximum absolute atomic E-state index is 10.1. The summed E-state index contributed by atoms with van der Waals surface area (Å²) >= 11 is 0. The third-order valence-corrected chi connectivity index (χ3v) is 6.21. The highest BCUT2D eigenvalue weighted by molar-refractivity contribution is 5.87. The average Bonchev–Trinajstić information content (AvgIpc) is 3.42. The molecule has 0 aliphatic heterocycles. The van der Waals surface area contributed by atoms with E-state index in [4.69, 9.17) is 0 Å². The van der Waals surface area contributed by atoms with Crippen LogP contribution >= 0.6 is 0 Å². The molecule has 1 unspecified atom stereocenters. The van der Waals surface area contributed by atoms with Crippen molar-refractivity contribution in [3.05, 3.63) is 65.2 Å². The van der Waals surface area contributed by atoms with Gasteiger partial charge in [0.1, 0.15) is 5.75 Å².